The molecule has 1 aromatic rings. The van der Waals surface area contributed by atoms with Crippen molar-refractivity contribution in [1.29, 1.82) is 0 Å². The average Bonchev–Trinajstić information content (AvgIpc) is 2.72. The summed E-state index contributed by atoms with van der Waals surface area (Å²) >= 11 is 0. The van der Waals surface area contributed by atoms with Gasteiger partial charge in [0.2, 0.25) is 12.0 Å². The van der Waals surface area contributed by atoms with E-state index in [-0.39, 0.29) is 22.8 Å². The lowest BCUT2D eigenvalue weighted by Gasteiger charge is -2.39. The fourth-order valence-corrected chi connectivity index (χ4v) is 2.79. The quantitative estimate of drug-likeness (QED) is 0.238. The van der Waals surface area contributed by atoms with Gasteiger partial charge in [-0.05, 0) is 17.7 Å². The predicted molar refractivity (Wildman–Crippen MR) is 92.0 cm³/mol. The monoisotopic (exact) mass is 406 g/mol. The molecule has 1 aliphatic rings. The topological polar surface area (TPSA) is 179 Å². The molecule has 2 rings (SSSR count). The lowest BCUT2D eigenvalue weighted by atomic mass is 9.99. The van der Waals surface area contributed by atoms with Crippen LogP contribution in [-0.2, 0) is 4.74 Å². The Hall–Kier alpha value is -1.70. The van der Waals surface area contributed by atoms with E-state index in [0.717, 1.165) is 0 Å². The molecule has 1 saturated heterocycles. The van der Waals surface area contributed by atoms with E-state index in [0.29, 0.717) is 0 Å². The molecule has 1 heterocycles. The maximum absolute atomic E-state index is 10.1. The van der Waals surface area contributed by atoms with Crippen molar-refractivity contribution in [3.8, 4) is 17.2 Å². The van der Waals surface area contributed by atoms with E-state index in [9.17, 15) is 30.6 Å². The Balaban J connectivity index is 2.36. The van der Waals surface area contributed by atoms with Crippen molar-refractivity contribution in [1.82, 2.24) is 0 Å². The Labute approximate surface area is 160 Å². The largest absolute Gasteiger partial charge is 0.493 e. The third-order valence-corrected chi connectivity index (χ3v) is 4.46. The van der Waals surface area contributed by atoms with Crippen LogP contribution in [0.4, 0.5) is 0 Å². The first kappa shape index (κ1) is 22.6. The molecule has 7 N–H and O–H groups in total. The number of methoxy groups -OCH3 is 2. The van der Waals surface area contributed by atoms with Crippen LogP contribution >= 0.6 is 0 Å². The molecular weight excluding hydrogens is 380 g/mol. The second kappa shape index (κ2) is 9.67. The Morgan fingerprint density at radius 3 is 2.00 bits per heavy atom. The molecule has 1 aromatic carbocycles. The second-order valence-corrected chi connectivity index (χ2v) is 6.26. The summed E-state index contributed by atoms with van der Waals surface area (Å²) in [6.45, 7) is -1.29. The van der Waals surface area contributed by atoms with Gasteiger partial charge < -0.3 is 54.7 Å². The molecule has 1 aliphatic heterocycles. The number of aliphatic hydroxyl groups is 7. The summed E-state index contributed by atoms with van der Waals surface area (Å²) < 4.78 is 21.3. The minimum absolute atomic E-state index is 0.0375. The van der Waals surface area contributed by atoms with Crippen LogP contribution in [0, 0.1) is 0 Å². The van der Waals surface area contributed by atoms with Gasteiger partial charge in [-0.25, -0.2) is 0 Å². The SMILES string of the molecule is COc1cc(C(O)C(O)CO)cc(OC)c1O[C@H]1O[C@H](CO)[C@@H](O)[C@H](O)[C@H]1O. The number of aliphatic hydroxyl groups excluding tert-OH is 7. The molecule has 7 atom stereocenters. The first-order chi connectivity index (χ1) is 13.3. The maximum Gasteiger partial charge on any atom is 0.229 e. The van der Waals surface area contributed by atoms with Crippen molar-refractivity contribution in [2.75, 3.05) is 27.4 Å². The fraction of sp³-hybridized carbons (Fsp3) is 0.647. The van der Waals surface area contributed by atoms with Gasteiger partial charge in [-0.2, -0.15) is 0 Å². The van der Waals surface area contributed by atoms with Gasteiger partial charge in [0, 0.05) is 0 Å². The van der Waals surface area contributed by atoms with Crippen LogP contribution in [0.15, 0.2) is 12.1 Å². The van der Waals surface area contributed by atoms with Crippen LogP contribution in [0.1, 0.15) is 11.7 Å². The lowest BCUT2D eigenvalue weighted by Crippen LogP contribution is -2.60. The third kappa shape index (κ3) is 4.47. The molecule has 0 bridgehead atoms. The highest BCUT2D eigenvalue weighted by Gasteiger charge is 2.45. The number of hydrogen-bond acceptors (Lipinski definition) is 11. The van der Waals surface area contributed by atoms with Crippen molar-refractivity contribution in [3.05, 3.63) is 17.7 Å². The number of benzene rings is 1. The number of ether oxygens (including phenoxy) is 4. The van der Waals surface area contributed by atoms with E-state index in [1.165, 1.54) is 26.4 Å². The highest BCUT2D eigenvalue weighted by atomic mass is 16.7. The molecule has 0 aliphatic carbocycles. The van der Waals surface area contributed by atoms with Crippen molar-refractivity contribution in [2.24, 2.45) is 0 Å². The summed E-state index contributed by atoms with van der Waals surface area (Å²) in [7, 11) is 2.60. The van der Waals surface area contributed by atoms with E-state index < -0.39 is 56.1 Å². The van der Waals surface area contributed by atoms with Crippen molar-refractivity contribution < 1.29 is 54.7 Å². The number of rotatable bonds is 8. The molecule has 0 saturated carbocycles. The second-order valence-electron chi connectivity index (χ2n) is 6.26. The highest BCUT2D eigenvalue weighted by molar-refractivity contribution is 5.54. The Kier molecular flexibility index (Phi) is 7.80. The minimum atomic E-state index is -1.64. The smallest absolute Gasteiger partial charge is 0.229 e. The Morgan fingerprint density at radius 2 is 1.54 bits per heavy atom. The predicted octanol–water partition coefficient (Wildman–Crippen LogP) is -2.73. The molecule has 11 nitrogen and oxygen atoms in total. The number of hydrogen-bond donors (Lipinski definition) is 7. The van der Waals surface area contributed by atoms with Gasteiger partial charge in [-0.15, -0.1) is 0 Å². The van der Waals surface area contributed by atoms with Crippen molar-refractivity contribution in [2.45, 2.75) is 42.9 Å². The summed E-state index contributed by atoms with van der Waals surface area (Å²) in [5, 5.41) is 67.9. The summed E-state index contributed by atoms with van der Waals surface area (Å²) in [6.07, 6.45) is -10.3. The maximum atomic E-state index is 10.1. The third-order valence-electron chi connectivity index (χ3n) is 4.46. The standard InChI is InChI=1S/C17H26O11/c1-25-9-3-7(12(21)8(20)5-18)4-10(26-2)16(9)28-17-15(24)14(23)13(22)11(6-19)27-17/h3-4,8,11-15,17-24H,5-6H2,1-2H3/t8?,11-,12?,13-,14+,15-,17-/m1/s1. The minimum Gasteiger partial charge on any atom is -0.493 e. The van der Waals surface area contributed by atoms with Crippen molar-refractivity contribution in [3.63, 3.8) is 0 Å². The zero-order chi connectivity index (χ0) is 21.0. The van der Waals surface area contributed by atoms with E-state index in [4.69, 9.17) is 24.1 Å². The molecule has 0 amide bonds. The van der Waals surface area contributed by atoms with Crippen LogP contribution in [0.3, 0.4) is 0 Å². The van der Waals surface area contributed by atoms with Crippen LogP contribution in [0.25, 0.3) is 0 Å². The first-order valence-electron chi connectivity index (χ1n) is 8.49. The van der Waals surface area contributed by atoms with Crippen molar-refractivity contribution >= 4 is 0 Å². The molecule has 11 heteroatoms. The van der Waals surface area contributed by atoms with Crippen LogP contribution in [0.5, 0.6) is 17.2 Å². The summed E-state index contributed by atoms with van der Waals surface area (Å²) in [6, 6.07) is 2.65. The summed E-state index contributed by atoms with van der Waals surface area (Å²) in [4.78, 5) is 0. The van der Waals surface area contributed by atoms with Gasteiger partial charge in [-0.1, -0.05) is 0 Å². The Bertz CT molecular complexity index is 613. The zero-order valence-electron chi connectivity index (χ0n) is 15.4. The van der Waals surface area contributed by atoms with E-state index in [2.05, 4.69) is 0 Å². The first-order valence-corrected chi connectivity index (χ1v) is 8.49. The van der Waals surface area contributed by atoms with Gasteiger partial charge in [0.05, 0.1) is 27.4 Å². The normalized spacial score (nSPS) is 29.8. The van der Waals surface area contributed by atoms with E-state index in [1.54, 1.807) is 0 Å². The molecule has 0 radical (unpaired) electrons. The molecule has 28 heavy (non-hydrogen) atoms. The highest BCUT2D eigenvalue weighted by Crippen LogP contribution is 2.42. The van der Waals surface area contributed by atoms with Crippen LogP contribution in [-0.4, -0.2) is 100.0 Å². The summed E-state index contributed by atoms with van der Waals surface area (Å²) in [5.74, 6) is 0.0229. The molecule has 2 unspecified atom stereocenters. The molecule has 160 valence electrons. The van der Waals surface area contributed by atoms with Gasteiger partial charge in [0.15, 0.2) is 11.5 Å². The zero-order valence-corrected chi connectivity index (χ0v) is 15.4. The Morgan fingerprint density at radius 1 is 0.964 bits per heavy atom. The molecular formula is C17H26O11. The van der Waals surface area contributed by atoms with Gasteiger partial charge in [0.25, 0.3) is 0 Å². The average molecular weight is 406 g/mol. The molecule has 0 aromatic heterocycles. The van der Waals surface area contributed by atoms with Crippen LogP contribution < -0.4 is 14.2 Å². The van der Waals surface area contributed by atoms with Gasteiger partial charge in [0.1, 0.15) is 36.6 Å². The lowest BCUT2D eigenvalue weighted by molar-refractivity contribution is -0.277. The van der Waals surface area contributed by atoms with E-state index >= 15 is 0 Å². The van der Waals surface area contributed by atoms with Gasteiger partial charge >= 0.3 is 0 Å². The molecule has 1 fully saturated rings. The molecule has 0 spiro atoms. The van der Waals surface area contributed by atoms with Crippen LogP contribution in [0.2, 0.25) is 0 Å². The van der Waals surface area contributed by atoms with E-state index in [1.807, 2.05) is 0 Å². The summed E-state index contributed by atoms with van der Waals surface area (Å²) in [5.41, 5.74) is 0.163. The van der Waals surface area contributed by atoms with Gasteiger partial charge in [-0.3, -0.25) is 0 Å². The fourth-order valence-electron chi connectivity index (χ4n) is 2.79.